The maximum absolute atomic E-state index is 12.7. The predicted octanol–water partition coefficient (Wildman–Crippen LogP) is 4.39. The molecule has 0 radical (unpaired) electrons. The van der Waals surface area contributed by atoms with Gasteiger partial charge in [-0.25, -0.2) is 9.67 Å². The van der Waals surface area contributed by atoms with E-state index in [9.17, 15) is 4.79 Å². The third-order valence-electron chi connectivity index (χ3n) is 4.99. The second-order valence-corrected chi connectivity index (χ2v) is 6.79. The van der Waals surface area contributed by atoms with Gasteiger partial charge in [0.25, 0.3) is 5.91 Å². The van der Waals surface area contributed by atoms with Crippen molar-refractivity contribution in [1.82, 2.24) is 20.1 Å². The van der Waals surface area contributed by atoms with Crippen LogP contribution in [-0.2, 0) is 11.2 Å². The van der Waals surface area contributed by atoms with E-state index < -0.39 is 0 Å². The molecule has 0 aromatic carbocycles. The molecule has 154 valence electrons. The zero-order chi connectivity index (χ0) is 21.7. The van der Waals surface area contributed by atoms with Crippen molar-refractivity contribution in [1.29, 1.82) is 0 Å². The van der Waals surface area contributed by atoms with Gasteiger partial charge in [-0.15, -0.1) is 0 Å². The fourth-order valence-corrected chi connectivity index (χ4v) is 3.61. The number of aliphatic imine (C=N–C) groups is 1. The Morgan fingerprint density at radius 1 is 1.33 bits per heavy atom. The van der Waals surface area contributed by atoms with Gasteiger partial charge in [0.05, 0.1) is 11.6 Å². The van der Waals surface area contributed by atoms with Gasteiger partial charge in [0.1, 0.15) is 6.17 Å². The summed E-state index contributed by atoms with van der Waals surface area (Å²) < 4.78 is 1.82. The second-order valence-electron chi connectivity index (χ2n) is 6.79. The van der Waals surface area contributed by atoms with Gasteiger partial charge in [-0.2, -0.15) is 5.10 Å². The topological polar surface area (TPSA) is 72.2 Å². The third kappa shape index (κ3) is 3.94. The van der Waals surface area contributed by atoms with Crippen LogP contribution in [0.1, 0.15) is 36.8 Å². The summed E-state index contributed by atoms with van der Waals surface area (Å²) >= 11 is 0. The summed E-state index contributed by atoms with van der Waals surface area (Å²) in [6, 6.07) is 3.95. The van der Waals surface area contributed by atoms with E-state index in [1.807, 2.05) is 56.1 Å². The fraction of sp³-hybridized carbons (Fsp3) is 0.250. The number of rotatable bonds is 5. The number of carbonyl (C=O) groups is 1. The van der Waals surface area contributed by atoms with Crippen LogP contribution >= 0.6 is 0 Å². The highest BCUT2D eigenvalue weighted by Gasteiger charge is 2.35. The summed E-state index contributed by atoms with van der Waals surface area (Å²) in [6.45, 7) is 13.5. The van der Waals surface area contributed by atoms with Crippen LogP contribution in [0.2, 0.25) is 0 Å². The Balaban J connectivity index is 0.00000124. The van der Waals surface area contributed by atoms with E-state index in [0.29, 0.717) is 12.0 Å². The summed E-state index contributed by atoms with van der Waals surface area (Å²) in [5.41, 5.74) is 4.35. The van der Waals surface area contributed by atoms with Crippen molar-refractivity contribution in [3.63, 3.8) is 0 Å². The minimum absolute atomic E-state index is 0.0843. The Kier molecular flexibility index (Phi) is 6.57. The van der Waals surface area contributed by atoms with Crippen LogP contribution in [0.3, 0.4) is 0 Å². The zero-order valence-corrected chi connectivity index (χ0v) is 17.7. The first-order valence-corrected chi connectivity index (χ1v) is 10.1. The number of aromatic nitrogens is 3. The molecule has 0 bridgehead atoms. The second kappa shape index (κ2) is 9.31. The van der Waals surface area contributed by atoms with Crippen molar-refractivity contribution >= 4 is 17.9 Å². The Bertz CT molecular complexity index is 1040. The fourth-order valence-electron chi connectivity index (χ4n) is 3.61. The van der Waals surface area contributed by atoms with Crippen LogP contribution < -0.4 is 5.32 Å². The molecule has 2 aliphatic rings. The zero-order valence-electron chi connectivity index (χ0n) is 17.7. The van der Waals surface area contributed by atoms with Crippen molar-refractivity contribution in [3.05, 3.63) is 90.0 Å². The van der Waals surface area contributed by atoms with Gasteiger partial charge in [0, 0.05) is 36.2 Å². The largest absolute Gasteiger partial charge is 0.329 e. The number of hydrogen-bond donors (Lipinski definition) is 1. The smallest absolute Gasteiger partial charge is 0.253 e. The van der Waals surface area contributed by atoms with Crippen LogP contribution in [-0.4, -0.2) is 26.9 Å². The standard InChI is InChI=1S/C22H21N5O.C2H6/c1-4-7-16(5-2)19-11-17-13-24-21-18(10-15-8-6-9-23-12-15)14(3)26-27(21)20(17)25-22(19)28;1-2/h4-9,11-13,17,20H,1-2,10H2,3H3,(H,25,28);1-2H3/b16-7+;. The molecule has 1 amide bonds. The summed E-state index contributed by atoms with van der Waals surface area (Å²) in [5, 5.41) is 7.75. The van der Waals surface area contributed by atoms with Crippen molar-refractivity contribution < 1.29 is 4.79 Å². The van der Waals surface area contributed by atoms with Crippen LogP contribution in [0.5, 0.6) is 0 Å². The number of aryl methyl sites for hydroxylation is 1. The molecule has 0 fully saturated rings. The molecule has 2 aromatic rings. The van der Waals surface area contributed by atoms with Gasteiger partial charge in [0.2, 0.25) is 0 Å². The number of amides is 1. The minimum atomic E-state index is -0.292. The Morgan fingerprint density at radius 3 is 2.80 bits per heavy atom. The van der Waals surface area contributed by atoms with Gasteiger partial charge >= 0.3 is 0 Å². The molecule has 4 rings (SSSR count). The number of nitrogens with one attached hydrogen (secondary N) is 1. The normalized spacial score (nSPS) is 19.5. The van der Waals surface area contributed by atoms with Crippen LogP contribution in [0.15, 0.2) is 78.1 Å². The van der Waals surface area contributed by atoms with E-state index in [-0.39, 0.29) is 18.0 Å². The van der Waals surface area contributed by atoms with E-state index in [1.165, 1.54) is 0 Å². The summed E-state index contributed by atoms with van der Waals surface area (Å²) in [6.07, 6.45) is 12.9. The van der Waals surface area contributed by atoms with Crippen LogP contribution in [0.25, 0.3) is 0 Å². The molecule has 1 N–H and O–H groups in total. The molecule has 2 unspecified atom stereocenters. The number of carbonyl (C=O) groups excluding carboxylic acids is 1. The molecule has 0 saturated carbocycles. The maximum atomic E-state index is 12.7. The highest BCUT2D eigenvalue weighted by Crippen LogP contribution is 2.36. The van der Waals surface area contributed by atoms with E-state index in [0.717, 1.165) is 28.2 Å². The van der Waals surface area contributed by atoms with Crippen LogP contribution in [0, 0.1) is 12.8 Å². The van der Waals surface area contributed by atoms with E-state index in [2.05, 4.69) is 33.5 Å². The monoisotopic (exact) mass is 401 g/mol. The molecule has 2 aromatic heterocycles. The Hall–Kier alpha value is -3.54. The van der Waals surface area contributed by atoms with Gasteiger partial charge in [-0.1, -0.05) is 57.4 Å². The van der Waals surface area contributed by atoms with Crippen molar-refractivity contribution in [2.45, 2.75) is 33.4 Å². The van der Waals surface area contributed by atoms with Gasteiger partial charge in [-0.3, -0.25) is 9.78 Å². The number of fused-ring (bicyclic) bond motifs is 3. The SMILES string of the molecule is C=C/C=C(\C=C)C1=CC2C=Nc3c(Cc4cccnc4)c(C)nn3C2NC1=O.CC. The molecule has 0 spiro atoms. The molecule has 30 heavy (non-hydrogen) atoms. The molecular formula is C24H27N5O. The van der Waals surface area contributed by atoms with Crippen molar-refractivity contribution in [3.8, 4) is 0 Å². The summed E-state index contributed by atoms with van der Waals surface area (Å²) in [7, 11) is 0. The molecule has 0 aliphatic carbocycles. The van der Waals surface area contributed by atoms with E-state index >= 15 is 0 Å². The highest BCUT2D eigenvalue weighted by molar-refractivity contribution is 6.00. The number of allylic oxidation sites excluding steroid dienone is 3. The first kappa shape index (κ1) is 21.2. The van der Waals surface area contributed by atoms with Gasteiger partial charge < -0.3 is 5.32 Å². The van der Waals surface area contributed by atoms with E-state index in [1.54, 1.807) is 24.4 Å². The Labute approximate surface area is 177 Å². The molecule has 6 heteroatoms. The maximum Gasteiger partial charge on any atom is 0.253 e. The van der Waals surface area contributed by atoms with Gasteiger partial charge in [-0.05, 0) is 24.1 Å². The molecule has 2 aliphatic heterocycles. The first-order chi connectivity index (χ1) is 14.6. The lowest BCUT2D eigenvalue weighted by Crippen LogP contribution is -2.43. The number of nitrogens with zero attached hydrogens (tertiary/aromatic N) is 4. The lowest BCUT2D eigenvalue weighted by molar-refractivity contribution is -0.119. The lowest BCUT2D eigenvalue weighted by Gasteiger charge is -2.32. The molecule has 4 heterocycles. The quantitative estimate of drug-likeness (QED) is 0.755. The predicted molar refractivity (Wildman–Crippen MR) is 121 cm³/mol. The van der Waals surface area contributed by atoms with Crippen LogP contribution in [0.4, 0.5) is 5.82 Å². The molecule has 0 saturated heterocycles. The average Bonchev–Trinajstić information content (AvgIpc) is 3.09. The highest BCUT2D eigenvalue weighted by atomic mass is 16.2. The van der Waals surface area contributed by atoms with E-state index in [4.69, 9.17) is 0 Å². The lowest BCUT2D eigenvalue weighted by atomic mass is 9.92. The van der Waals surface area contributed by atoms with Crippen molar-refractivity contribution in [2.75, 3.05) is 0 Å². The minimum Gasteiger partial charge on any atom is -0.329 e. The van der Waals surface area contributed by atoms with Gasteiger partial charge in [0.15, 0.2) is 5.82 Å². The molecule has 6 nitrogen and oxygen atoms in total. The first-order valence-electron chi connectivity index (χ1n) is 10.1. The summed E-state index contributed by atoms with van der Waals surface area (Å²) in [5.74, 6) is 0.543. The molecule has 2 atom stereocenters. The molecular weight excluding hydrogens is 374 g/mol. The number of hydrogen-bond acceptors (Lipinski definition) is 4. The average molecular weight is 402 g/mol. The Morgan fingerprint density at radius 2 is 2.13 bits per heavy atom. The number of pyridine rings is 1. The summed E-state index contributed by atoms with van der Waals surface area (Å²) in [4.78, 5) is 21.6. The third-order valence-corrected chi connectivity index (χ3v) is 4.99. The van der Waals surface area contributed by atoms with Crippen molar-refractivity contribution in [2.24, 2.45) is 10.9 Å².